The first-order valence-electron chi connectivity index (χ1n) is 5.21. The zero-order valence-corrected chi connectivity index (χ0v) is 9.32. The fourth-order valence-corrected chi connectivity index (χ4v) is 2.15. The number of aliphatic hydroxyl groups is 1. The van der Waals surface area contributed by atoms with Crippen LogP contribution >= 0.6 is 11.6 Å². The van der Waals surface area contributed by atoms with Gasteiger partial charge in [-0.3, -0.25) is 9.88 Å². The van der Waals surface area contributed by atoms with Crippen molar-refractivity contribution in [2.45, 2.75) is 13.0 Å². The van der Waals surface area contributed by atoms with Gasteiger partial charge in [0.2, 0.25) is 0 Å². The first-order chi connectivity index (χ1) is 7.28. The summed E-state index contributed by atoms with van der Waals surface area (Å²) in [6.45, 7) is 3.13. The third kappa shape index (κ3) is 2.91. The molecule has 1 fully saturated rings. The van der Waals surface area contributed by atoms with Gasteiger partial charge in [-0.15, -0.1) is 0 Å². The number of likely N-dealkylation sites (tertiary alicyclic amines) is 1. The van der Waals surface area contributed by atoms with Crippen molar-refractivity contribution in [1.29, 1.82) is 0 Å². The number of hydrogen-bond acceptors (Lipinski definition) is 3. The Morgan fingerprint density at radius 1 is 1.60 bits per heavy atom. The van der Waals surface area contributed by atoms with Crippen LogP contribution in [0, 0.1) is 5.92 Å². The SMILES string of the molecule is OCC1CCN(Cc2cc(Cl)ccn2)C1. The molecule has 4 heteroatoms. The first-order valence-corrected chi connectivity index (χ1v) is 5.59. The molecule has 3 nitrogen and oxygen atoms in total. The monoisotopic (exact) mass is 226 g/mol. The third-order valence-corrected chi connectivity index (χ3v) is 3.03. The quantitative estimate of drug-likeness (QED) is 0.850. The normalized spacial score (nSPS) is 22.1. The highest BCUT2D eigenvalue weighted by Crippen LogP contribution is 2.18. The van der Waals surface area contributed by atoms with E-state index in [4.69, 9.17) is 16.7 Å². The van der Waals surface area contributed by atoms with Crippen LogP contribution < -0.4 is 0 Å². The molecule has 0 spiro atoms. The van der Waals surface area contributed by atoms with E-state index in [9.17, 15) is 0 Å². The fourth-order valence-electron chi connectivity index (χ4n) is 1.97. The lowest BCUT2D eigenvalue weighted by Gasteiger charge is -2.14. The van der Waals surface area contributed by atoms with Crippen molar-refractivity contribution in [2.24, 2.45) is 5.92 Å². The number of aliphatic hydroxyl groups excluding tert-OH is 1. The van der Waals surface area contributed by atoms with Crippen molar-refractivity contribution in [1.82, 2.24) is 9.88 Å². The maximum absolute atomic E-state index is 9.03. The molecule has 2 heterocycles. The molecule has 0 bridgehead atoms. The van der Waals surface area contributed by atoms with Crippen molar-refractivity contribution in [3.8, 4) is 0 Å². The maximum Gasteiger partial charge on any atom is 0.0558 e. The van der Waals surface area contributed by atoms with Crippen LogP contribution in [0.3, 0.4) is 0 Å². The van der Waals surface area contributed by atoms with E-state index >= 15 is 0 Å². The van der Waals surface area contributed by atoms with Crippen LogP contribution in [-0.4, -0.2) is 34.7 Å². The Morgan fingerprint density at radius 2 is 2.47 bits per heavy atom. The fraction of sp³-hybridized carbons (Fsp3) is 0.545. The van der Waals surface area contributed by atoms with Gasteiger partial charge in [-0.2, -0.15) is 0 Å². The Bertz CT molecular complexity index is 332. The number of pyridine rings is 1. The third-order valence-electron chi connectivity index (χ3n) is 2.79. The predicted octanol–water partition coefficient (Wildman–Crippen LogP) is 1.55. The predicted molar refractivity (Wildman–Crippen MR) is 59.7 cm³/mol. The van der Waals surface area contributed by atoms with Gasteiger partial charge in [0, 0.05) is 30.9 Å². The maximum atomic E-state index is 9.03. The lowest BCUT2D eigenvalue weighted by atomic mass is 10.1. The highest BCUT2D eigenvalue weighted by atomic mass is 35.5. The summed E-state index contributed by atoms with van der Waals surface area (Å²) in [5.74, 6) is 0.434. The molecule has 0 saturated carbocycles. The van der Waals surface area contributed by atoms with Gasteiger partial charge < -0.3 is 5.11 Å². The topological polar surface area (TPSA) is 36.4 Å². The Kier molecular flexibility index (Phi) is 3.57. The average molecular weight is 227 g/mol. The smallest absolute Gasteiger partial charge is 0.0558 e. The van der Waals surface area contributed by atoms with Crippen molar-refractivity contribution in [3.63, 3.8) is 0 Å². The highest BCUT2D eigenvalue weighted by Gasteiger charge is 2.21. The van der Waals surface area contributed by atoms with Crippen LogP contribution in [0.5, 0.6) is 0 Å². The van der Waals surface area contributed by atoms with E-state index in [1.165, 1.54) is 0 Å². The van der Waals surface area contributed by atoms with Crippen molar-refractivity contribution < 1.29 is 5.11 Å². The summed E-state index contributed by atoms with van der Waals surface area (Å²) in [5, 5.41) is 9.76. The van der Waals surface area contributed by atoms with Crippen LogP contribution in [0.4, 0.5) is 0 Å². The number of nitrogens with zero attached hydrogens (tertiary/aromatic N) is 2. The summed E-state index contributed by atoms with van der Waals surface area (Å²) in [6.07, 6.45) is 2.81. The van der Waals surface area contributed by atoms with Gasteiger partial charge in [-0.25, -0.2) is 0 Å². The van der Waals surface area contributed by atoms with E-state index < -0.39 is 0 Å². The lowest BCUT2D eigenvalue weighted by molar-refractivity contribution is 0.219. The average Bonchev–Trinajstić information content (AvgIpc) is 2.65. The summed E-state index contributed by atoms with van der Waals surface area (Å²) in [4.78, 5) is 6.57. The molecule has 1 aromatic heterocycles. The molecule has 1 saturated heterocycles. The van der Waals surface area contributed by atoms with Gasteiger partial charge in [0.1, 0.15) is 0 Å². The summed E-state index contributed by atoms with van der Waals surface area (Å²) in [7, 11) is 0. The standard InChI is InChI=1S/C11H15ClN2O/c12-10-1-3-13-11(5-10)7-14-4-2-9(6-14)8-15/h1,3,5,9,15H,2,4,6-8H2. The largest absolute Gasteiger partial charge is 0.396 e. The van der Waals surface area contributed by atoms with E-state index in [0.29, 0.717) is 12.5 Å². The molecule has 82 valence electrons. The molecule has 1 unspecified atom stereocenters. The molecule has 0 aliphatic carbocycles. The van der Waals surface area contributed by atoms with Gasteiger partial charge >= 0.3 is 0 Å². The van der Waals surface area contributed by atoms with Crippen LogP contribution in [0.15, 0.2) is 18.3 Å². The lowest BCUT2D eigenvalue weighted by Crippen LogP contribution is -2.21. The summed E-state index contributed by atoms with van der Waals surface area (Å²) in [6, 6.07) is 3.68. The second kappa shape index (κ2) is 4.92. The van der Waals surface area contributed by atoms with Gasteiger partial charge in [-0.05, 0) is 31.0 Å². The molecule has 1 aliphatic heterocycles. The molecular formula is C11H15ClN2O. The highest BCUT2D eigenvalue weighted by molar-refractivity contribution is 6.30. The molecular weight excluding hydrogens is 212 g/mol. The van der Waals surface area contributed by atoms with Crippen LogP contribution in [-0.2, 0) is 6.54 Å². The number of halogens is 1. The number of hydrogen-bond donors (Lipinski definition) is 1. The molecule has 1 aliphatic rings. The minimum atomic E-state index is 0.291. The summed E-state index contributed by atoms with van der Waals surface area (Å²) < 4.78 is 0. The minimum absolute atomic E-state index is 0.291. The van der Waals surface area contributed by atoms with E-state index in [1.54, 1.807) is 12.3 Å². The molecule has 1 aromatic rings. The Labute approximate surface area is 94.7 Å². The van der Waals surface area contributed by atoms with Crippen molar-refractivity contribution in [2.75, 3.05) is 19.7 Å². The Hall–Kier alpha value is -0.640. The number of rotatable bonds is 3. The molecule has 0 radical (unpaired) electrons. The minimum Gasteiger partial charge on any atom is -0.396 e. The van der Waals surface area contributed by atoms with Gasteiger partial charge in [0.25, 0.3) is 0 Å². The van der Waals surface area contributed by atoms with E-state index in [-0.39, 0.29) is 0 Å². The second-order valence-corrected chi connectivity index (χ2v) is 4.47. The van der Waals surface area contributed by atoms with Crippen LogP contribution in [0.1, 0.15) is 12.1 Å². The van der Waals surface area contributed by atoms with E-state index in [1.807, 2.05) is 6.07 Å². The van der Waals surface area contributed by atoms with Gasteiger partial charge in [-0.1, -0.05) is 11.6 Å². The summed E-state index contributed by atoms with van der Waals surface area (Å²) >= 11 is 5.89. The first kappa shape index (κ1) is 10.9. The second-order valence-electron chi connectivity index (χ2n) is 4.04. The molecule has 0 aromatic carbocycles. The molecule has 1 N–H and O–H groups in total. The molecule has 2 rings (SSSR count). The van der Waals surface area contributed by atoms with E-state index in [2.05, 4.69) is 9.88 Å². The van der Waals surface area contributed by atoms with Crippen molar-refractivity contribution in [3.05, 3.63) is 29.0 Å². The zero-order chi connectivity index (χ0) is 10.7. The van der Waals surface area contributed by atoms with Gasteiger partial charge in [0.15, 0.2) is 0 Å². The molecule has 1 atom stereocenters. The molecule has 15 heavy (non-hydrogen) atoms. The Morgan fingerprint density at radius 3 is 3.13 bits per heavy atom. The number of aromatic nitrogens is 1. The molecule has 0 amide bonds. The summed E-state index contributed by atoms with van der Waals surface area (Å²) in [5.41, 5.74) is 1.00. The van der Waals surface area contributed by atoms with Gasteiger partial charge in [0.05, 0.1) is 5.69 Å². The van der Waals surface area contributed by atoms with Crippen LogP contribution in [0.25, 0.3) is 0 Å². The zero-order valence-electron chi connectivity index (χ0n) is 8.56. The van der Waals surface area contributed by atoms with E-state index in [0.717, 1.165) is 36.8 Å². The van der Waals surface area contributed by atoms with Crippen molar-refractivity contribution >= 4 is 11.6 Å². The Balaban J connectivity index is 1.92. The van der Waals surface area contributed by atoms with Crippen LogP contribution in [0.2, 0.25) is 5.02 Å².